The Labute approximate surface area is 115 Å². The van der Waals surface area contributed by atoms with E-state index in [9.17, 15) is 0 Å². The first-order valence-corrected chi connectivity index (χ1v) is 5.39. The van der Waals surface area contributed by atoms with Gasteiger partial charge in [-0.1, -0.05) is 18.2 Å². The molecule has 1 fully saturated rings. The molecular formula is C12H20Cl2N2O. The fraction of sp³-hybridized carbons (Fsp3) is 0.500. The van der Waals surface area contributed by atoms with Gasteiger partial charge in [0.1, 0.15) is 5.75 Å². The molecule has 0 bridgehead atoms. The molecule has 98 valence electrons. The highest BCUT2D eigenvalue weighted by Gasteiger charge is 2.19. The Bertz CT molecular complexity index is 336. The first kappa shape index (κ1) is 16.5. The molecule has 0 amide bonds. The molecule has 0 saturated carbocycles. The van der Waals surface area contributed by atoms with Crippen LogP contribution in [0.4, 0.5) is 0 Å². The number of rotatable bonds is 3. The maximum atomic E-state index is 5.88. The summed E-state index contributed by atoms with van der Waals surface area (Å²) in [4.78, 5) is 2.38. The second-order valence-electron chi connectivity index (χ2n) is 4.10. The number of methoxy groups -OCH3 is 1. The van der Waals surface area contributed by atoms with Gasteiger partial charge in [0, 0.05) is 31.2 Å². The molecule has 1 aliphatic heterocycles. The van der Waals surface area contributed by atoms with Gasteiger partial charge in [-0.25, -0.2) is 0 Å². The highest BCUT2D eigenvalue weighted by molar-refractivity contribution is 5.85. The standard InChI is InChI=1S/C12H18N2O.2ClH/c1-15-12-5-3-2-4-10(12)8-14-7-6-11(13)9-14;;/h2-5,11H,6-9,13H2,1H3;2*1H/t11-;;/m0../s1. The quantitative estimate of drug-likeness (QED) is 0.920. The van der Waals surface area contributed by atoms with Crippen LogP contribution in [0.3, 0.4) is 0 Å². The largest absolute Gasteiger partial charge is 0.496 e. The van der Waals surface area contributed by atoms with Crippen LogP contribution in [0.5, 0.6) is 5.75 Å². The van der Waals surface area contributed by atoms with E-state index in [0.717, 1.165) is 31.8 Å². The summed E-state index contributed by atoms with van der Waals surface area (Å²) < 4.78 is 5.32. The van der Waals surface area contributed by atoms with E-state index >= 15 is 0 Å². The van der Waals surface area contributed by atoms with Gasteiger partial charge in [0.15, 0.2) is 0 Å². The molecule has 0 spiro atoms. The van der Waals surface area contributed by atoms with E-state index in [2.05, 4.69) is 11.0 Å². The molecule has 1 saturated heterocycles. The molecule has 5 heteroatoms. The third-order valence-corrected chi connectivity index (χ3v) is 2.90. The number of nitrogens with two attached hydrogens (primary N) is 1. The van der Waals surface area contributed by atoms with Crippen LogP contribution in [-0.2, 0) is 6.54 Å². The molecule has 1 heterocycles. The smallest absolute Gasteiger partial charge is 0.123 e. The Kier molecular flexibility index (Phi) is 7.55. The minimum atomic E-state index is 0. The zero-order valence-electron chi connectivity index (χ0n) is 9.96. The fourth-order valence-electron chi connectivity index (χ4n) is 2.08. The average molecular weight is 279 g/mol. The van der Waals surface area contributed by atoms with Crippen LogP contribution >= 0.6 is 24.8 Å². The monoisotopic (exact) mass is 278 g/mol. The molecule has 17 heavy (non-hydrogen) atoms. The number of hydrogen-bond acceptors (Lipinski definition) is 3. The zero-order valence-corrected chi connectivity index (χ0v) is 11.6. The molecule has 1 aromatic rings. The molecule has 3 nitrogen and oxygen atoms in total. The lowest BCUT2D eigenvalue weighted by atomic mass is 10.2. The average Bonchev–Trinajstić information content (AvgIpc) is 2.65. The fourth-order valence-corrected chi connectivity index (χ4v) is 2.08. The molecule has 0 aromatic heterocycles. The minimum Gasteiger partial charge on any atom is -0.496 e. The second kappa shape index (κ2) is 7.77. The SMILES string of the molecule is COc1ccccc1CN1CC[C@H](N)C1.Cl.Cl. The predicted octanol–water partition coefficient (Wildman–Crippen LogP) is 2.07. The van der Waals surface area contributed by atoms with Gasteiger partial charge >= 0.3 is 0 Å². The van der Waals surface area contributed by atoms with Crippen LogP contribution in [0.25, 0.3) is 0 Å². The Balaban J connectivity index is 0.00000128. The molecule has 1 atom stereocenters. The summed E-state index contributed by atoms with van der Waals surface area (Å²) >= 11 is 0. The second-order valence-corrected chi connectivity index (χ2v) is 4.10. The van der Waals surface area contributed by atoms with Crippen molar-refractivity contribution in [2.45, 2.75) is 19.0 Å². The van der Waals surface area contributed by atoms with E-state index in [1.165, 1.54) is 5.56 Å². The van der Waals surface area contributed by atoms with Crippen LogP contribution in [0.2, 0.25) is 0 Å². The number of halogens is 2. The lowest BCUT2D eigenvalue weighted by molar-refractivity contribution is 0.317. The van der Waals surface area contributed by atoms with E-state index in [1.54, 1.807) is 7.11 Å². The number of ether oxygens (including phenoxy) is 1. The molecule has 0 unspecified atom stereocenters. The summed E-state index contributed by atoms with van der Waals surface area (Å²) in [5, 5.41) is 0. The van der Waals surface area contributed by atoms with Gasteiger partial charge in [0.05, 0.1) is 7.11 Å². The van der Waals surface area contributed by atoms with Crippen LogP contribution in [0.15, 0.2) is 24.3 Å². The van der Waals surface area contributed by atoms with Crippen molar-refractivity contribution in [3.63, 3.8) is 0 Å². The lowest BCUT2D eigenvalue weighted by Gasteiger charge is -2.16. The van der Waals surface area contributed by atoms with Crippen molar-refractivity contribution in [1.82, 2.24) is 4.90 Å². The van der Waals surface area contributed by atoms with E-state index in [-0.39, 0.29) is 24.8 Å². The number of para-hydroxylation sites is 1. The van der Waals surface area contributed by atoms with Crippen LogP contribution < -0.4 is 10.5 Å². The Morgan fingerprint density at radius 2 is 2.06 bits per heavy atom. The molecule has 2 N–H and O–H groups in total. The zero-order chi connectivity index (χ0) is 10.7. The first-order valence-electron chi connectivity index (χ1n) is 5.39. The highest BCUT2D eigenvalue weighted by atomic mass is 35.5. The third-order valence-electron chi connectivity index (χ3n) is 2.90. The summed E-state index contributed by atoms with van der Waals surface area (Å²) in [7, 11) is 1.72. The van der Waals surface area contributed by atoms with Gasteiger partial charge in [-0.3, -0.25) is 4.90 Å². The predicted molar refractivity (Wildman–Crippen MR) is 75.4 cm³/mol. The van der Waals surface area contributed by atoms with Crippen molar-refractivity contribution in [3.8, 4) is 5.75 Å². The third kappa shape index (κ3) is 4.36. The maximum absolute atomic E-state index is 5.88. The topological polar surface area (TPSA) is 38.5 Å². The molecular weight excluding hydrogens is 259 g/mol. The summed E-state index contributed by atoms with van der Waals surface area (Å²) in [6.45, 7) is 3.04. The van der Waals surface area contributed by atoms with Crippen molar-refractivity contribution in [2.75, 3.05) is 20.2 Å². The minimum absolute atomic E-state index is 0. The van der Waals surface area contributed by atoms with Crippen LogP contribution in [0.1, 0.15) is 12.0 Å². The van der Waals surface area contributed by atoms with E-state index in [0.29, 0.717) is 6.04 Å². The molecule has 0 aliphatic carbocycles. The van der Waals surface area contributed by atoms with Crippen molar-refractivity contribution in [1.29, 1.82) is 0 Å². The molecule has 1 aliphatic rings. The summed E-state index contributed by atoms with van der Waals surface area (Å²) in [6, 6.07) is 8.51. The Morgan fingerprint density at radius 1 is 1.35 bits per heavy atom. The van der Waals surface area contributed by atoms with Gasteiger partial charge in [-0.15, -0.1) is 24.8 Å². The normalized spacial score (nSPS) is 19.3. The summed E-state index contributed by atoms with van der Waals surface area (Å²) in [5.74, 6) is 0.970. The number of likely N-dealkylation sites (tertiary alicyclic amines) is 1. The first-order chi connectivity index (χ1) is 7.29. The van der Waals surface area contributed by atoms with Crippen LogP contribution in [-0.4, -0.2) is 31.1 Å². The summed E-state index contributed by atoms with van der Waals surface area (Å²) in [5.41, 5.74) is 7.12. The van der Waals surface area contributed by atoms with Gasteiger partial charge in [-0.2, -0.15) is 0 Å². The Hall–Kier alpha value is -0.480. The molecule has 1 aromatic carbocycles. The van der Waals surface area contributed by atoms with Gasteiger partial charge < -0.3 is 10.5 Å². The van der Waals surface area contributed by atoms with Crippen molar-refractivity contribution in [3.05, 3.63) is 29.8 Å². The van der Waals surface area contributed by atoms with Crippen LogP contribution in [0, 0.1) is 0 Å². The highest BCUT2D eigenvalue weighted by Crippen LogP contribution is 2.20. The maximum Gasteiger partial charge on any atom is 0.123 e. The van der Waals surface area contributed by atoms with Gasteiger partial charge in [-0.05, 0) is 12.5 Å². The summed E-state index contributed by atoms with van der Waals surface area (Å²) in [6.07, 6.45) is 1.11. The molecule has 2 rings (SSSR count). The Morgan fingerprint density at radius 3 is 2.65 bits per heavy atom. The van der Waals surface area contributed by atoms with Gasteiger partial charge in [0.2, 0.25) is 0 Å². The van der Waals surface area contributed by atoms with Crippen molar-refractivity contribution in [2.24, 2.45) is 5.73 Å². The lowest BCUT2D eigenvalue weighted by Crippen LogP contribution is -2.26. The van der Waals surface area contributed by atoms with Gasteiger partial charge in [0.25, 0.3) is 0 Å². The number of nitrogens with zero attached hydrogens (tertiary/aromatic N) is 1. The van der Waals surface area contributed by atoms with E-state index < -0.39 is 0 Å². The molecule has 0 radical (unpaired) electrons. The van der Waals surface area contributed by atoms with E-state index in [1.807, 2.05) is 18.2 Å². The number of benzene rings is 1. The van der Waals surface area contributed by atoms with Crippen molar-refractivity contribution < 1.29 is 4.74 Å². The van der Waals surface area contributed by atoms with E-state index in [4.69, 9.17) is 10.5 Å². The van der Waals surface area contributed by atoms with Crippen molar-refractivity contribution >= 4 is 24.8 Å². The number of hydrogen-bond donors (Lipinski definition) is 1.